The first kappa shape index (κ1) is 18.9. The number of carbonyl (C=O) groups is 1. The number of likely N-dealkylation sites (tertiary alicyclic amines) is 1. The molecule has 1 aliphatic rings. The van der Waals surface area contributed by atoms with Crippen LogP contribution in [0.4, 0.5) is 0 Å². The molecule has 1 aliphatic heterocycles. The zero-order chi connectivity index (χ0) is 18.5. The number of rotatable bonds is 6. The van der Waals surface area contributed by atoms with Gasteiger partial charge in [-0.2, -0.15) is 0 Å². The van der Waals surface area contributed by atoms with Crippen LogP contribution in [-0.4, -0.2) is 35.7 Å². The van der Waals surface area contributed by atoms with E-state index in [4.69, 9.17) is 4.74 Å². The van der Waals surface area contributed by atoms with Gasteiger partial charge in [0.2, 0.25) is 0 Å². The quantitative estimate of drug-likeness (QED) is 0.737. The van der Waals surface area contributed by atoms with Gasteiger partial charge in [-0.05, 0) is 61.7 Å². The summed E-state index contributed by atoms with van der Waals surface area (Å²) in [7, 11) is 0. The molecule has 26 heavy (non-hydrogen) atoms. The van der Waals surface area contributed by atoms with Gasteiger partial charge in [-0.3, -0.25) is 9.69 Å². The highest BCUT2D eigenvalue weighted by atomic mass is 79.9. The van der Waals surface area contributed by atoms with Crippen LogP contribution >= 0.6 is 15.9 Å². The largest absolute Gasteiger partial charge is 0.494 e. The van der Waals surface area contributed by atoms with E-state index in [1.807, 2.05) is 31.2 Å². The molecular formula is C21H24BrNO3. The molecule has 2 aromatic rings. The first-order valence-electron chi connectivity index (χ1n) is 9.03. The molecule has 1 N–H and O–H groups in total. The summed E-state index contributed by atoms with van der Waals surface area (Å²) < 4.78 is 6.59. The van der Waals surface area contributed by atoms with Crippen molar-refractivity contribution in [1.82, 2.24) is 4.90 Å². The Kier molecular flexibility index (Phi) is 6.33. The minimum atomic E-state index is -0.698. The minimum absolute atomic E-state index is 0.0425. The van der Waals surface area contributed by atoms with Gasteiger partial charge in [-0.1, -0.05) is 40.2 Å². The van der Waals surface area contributed by atoms with Gasteiger partial charge in [0.1, 0.15) is 5.75 Å². The third-order valence-corrected chi connectivity index (χ3v) is 5.39. The van der Waals surface area contributed by atoms with Crippen LogP contribution in [0.25, 0.3) is 0 Å². The van der Waals surface area contributed by atoms with Gasteiger partial charge in [0.25, 0.3) is 0 Å². The molecule has 2 atom stereocenters. The Hall–Kier alpha value is -1.85. The molecule has 3 rings (SSSR count). The van der Waals surface area contributed by atoms with Gasteiger partial charge in [0.05, 0.1) is 18.6 Å². The summed E-state index contributed by atoms with van der Waals surface area (Å²) in [5.74, 6) is -0.145. The maximum atomic E-state index is 11.5. The van der Waals surface area contributed by atoms with Crippen molar-refractivity contribution in [3.8, 4) is 5.75 Å². The number of piperidine rings is 1. The predicted octanol–water partition coefficient (Wildman–Crippen LogP) is 4.73. The number of benzene rings is 2. The van der Waals surface area contributed by atoms with E-state index in [-0.39, 0.29) is 12.0 Å². The Bertz CT molecular complexity index is 730. The van der Waals surface area contributed by atoms with E-state index in [9.17, 15) is 9.90 Å². The number of halogens is 1. The van der Waals surface area contributed by atoms with Crippen LogP contribution in [0.2, 0.25) is 0 Å². The van der Waals surface area contributed by atoms with Crippen LogP contribution in [0.3, 0.4) is 0 Å². The monoisotopic (exact) mass is 417 g/mol. The molecule has 1 saturated heterocycles. The summed E-state index contributed by atoms with van der Waals surface area (Å²) >= 11 is 3.49. The predicted molar refractivity (Wildman–Crippen MR) is 106 cm³/mol. The molecule has 0 amide bonds. The van der Waals surface area contributed by atoms with Crippen molar-refractivity contribution in [2.75, 3.05) is 19.7 Å². The molecule has 0 bridgehead atoms. The van der Waals surface area contributed by atoms with Gasteiger partial charge in [-0.25, -0.2) is 0 Å². The molecule has 4 nitrogen and oxygen atoms in total. The Morgan fingerprint density at radius 1 is 1.19 bits per heavy atom. The third kappa shape index (κ3) is 4.46. The second-order valence-electron chi connectivity index (χ2n) is 6.63. The fourth-order valence-electron chi connectivity index (χ4n) is 3.61. The summed E-state index contributed by atoms with van der Waals surface area (Å²) in [5, 5.41) is 9.46. The summed E-state index contributed by atoms with van der Waals surface area (Å²) in [6.07, 6.45) is 1.66. The van der Waals surface area contributed by atoms with Crippen molar-refractivity contribution in [3.05, 3.63) is 64.1 Å². The van der Waals surface area contributed by atoms with Crippen LogP contribution in [0.5, 0.6) is 5.75 Å². The topological polar surface area (TPSA) is 49.8 Å². The lowest BCUT2D eigenvalue weighted by Gasteiger charge is -2.37. The number of aliphatic carboxylic acids is 1. The number of hydrogen-bond acceptors (Lipinski definition) is 3. The summed E-state index contributed by atoms with van der Waals surface area (Å²) in [6.45, 7) is 4.08. The number of ether oxygens (including phenoxy) is 1. The molecular weight excluding hydrogens is 394 g/mol. The van der Waals surface area contributed by atoms with E-state index in [2.05, 4.69) is 45.1 Å². The van der Waals surface area contributed by atoms with Crippen LogP contribution in [0.15, 0.2) is 53.0 Å². The SMILES string of the molecule is CCOc1ccc(C(c2ccc(Br)cc2)N2CCCC(C(=O)O)C2)cc1. The van der Waals surface area contributed by atoms with Crippen LogP contribution in [-0.2, 0) is 4.79 Å². The molecule has 1 fully saturated rings. The molecule has 2 aromatic carbocycles. The second kappa shape index (κ2) is 8.69. The van der Waals surface area contributed by atoms with Crippen molar-refractivity contribution >= 4 is 21.9 Å². The van der Waals surface area contributed by atoms with Gasteiger partial charge in [0.15, 0.2) is 0 Å². The van der Waals surface area contributed by atoms with Crippen molar-refractivity contribution in [1.29, 1.82) is 0 Å². The van der Waals surface area contributed by atoms with Crippen molar-refractivity contribution in [3.63, 3.8) is 0 Å². The average Bonchev–Trinajstić information content (AvgIpc) is 2.65. The lowest BCUT2D eigenvalue weighted by atomic mass is 9.91. The molecule has 0 saturated carbocycles. The van der Waals surface area contributed by atoms with Crippen LogP contribution in [0, 0.1) is 5.92 Å². The van der Waals surface area contributed by atoms with Crippen molar-refractivity contribution < 1.29 is 14.6 Å². The van der Waals surface area contributed by atoms with E-state index in [1.165, 1.54) is 5.56 Å². The Labute approximate surface area is 162 Å². The minimum Gasteiger partial charge on any atom is -0.494 e. The fourth-order valence-corrected chi connectivity index (χ4v) is 3.88. The highest BCUT2D eigenvalue weighted by molar-refractivity contribution is 9.10. The van der Waals surface area contributed by atoms with Gasteiger partial charge < -0.3 is 9.84 Å². The smallest absolute Gasteiger partial charge is 0.307 e. The lowest BCUT2D eigenvalue weighted by molar-refractivity contribution is -0.143. The molecule has 5 heteroatoms. The number of carboxylic acids is 1. The summed E-state index contributed by atoms with van der Waals surface area (Å²) in [5.41, 5.74) is 2.32. The van der Waals surface area contributed by atoms with Gasteiger partial charge in [0, 0.05) is 11.0 Å². The molecule has 0 aromatic heterocycles. The average molecular weight is 418 g/mol. The van der Waals surface area contributed by atoms with Crippen LogP contribution in [0.1, 0.15) is 36.9 Å². The van der Waals surface area contributed by atoms with Crippen LogP contribution < -0.4 is 4.74 Å². The Morgan fingerprint density at radius 2 is 1.81 bits per heavy atom. The zero-order valence-corrected chi connectivity index (χ0v) is 16.5. The Morgan fingerprint density at radius 3 is 2.38 bits per heavy atom. The molecule has 138 valence electrons. The zero-order valence-electron chi connectivity index (χ0n) is 14.9. The maximum Gasteiger partial charge on any atom is 0.307 e. The van der Waals surface area contributed by atoms with E-state index in [0.717, 1.165) is 35.2 Å². The van der Waals surface area contributed by atoms with Gasteiger partial charge in [-0.15, -0.1) is 0 Å². The first-order chi connectivity index (χ1) is 12.6. The normalized spacial score (nSPS) is 19.1. The molecule has 0 aliphatic carbocycles. The van der Waals surface area contributed by atoms with Gasteiger partial charge >= 0.3 is 5.97 Å². The standard InChI is InChI=1S/C21H24BrNO3/c1-2-26-19-11-7-16(8-12-19)20(15-5-9-18(22)10-6-15)23-13-3-4-17(14-23)21(24)25/h5-12,17,20H,2-4,13-14H2,1H3,(H,24,25). The number of carboxylic acid groups (broad SMARTS) is 1. The Balaban J connectivity index is 1.93. The van der Waals surface area contributed by atoms with Crippen molar-refractivity contribution in [2.45, 2.75) is 25.8 Å². The molecule has 1 heterocycles. The fraction of sp³-hybridized carbons (Fsp3) is 0.381. The van der Waals surface area contributed by atoms with Crippen molar-refractivity contribution in [2.24, 2.45) is 5.92 Å². The molecule has 0 radical (unpaired) electrons. The molecule has 2 unspecified atom stereocenters. The highest BCUT2D eigenvalue weighted by Gasteiger charge is 2.31. The lowest BCUT2D eigenvalue weighted by Crippen LogP contribution is -2.41. The van der Waals surface area contributed by atoms with E-state index in [1.54, 1.807) is 0 Å². The van der Waals surface area contributed by atoms with E-state index < -0.39 is 5.97 Å². The van der Waals surface area contributed by atoms with E-state index >= 15 is 0 Å². The third-order valence-electron chi connectivity index (χ3n) is 4.86. The maximum absolute atomic E-state index is 11.5. The highest BCUT2D eigenvalue weighted by Crippen LogP contribution is 2.34. The van der Waals surface area contributed by atoms with E-state index in [0.29, 0.717) is 13.2 Å². The first-order valence-corrected chi connectivity index (χ1v) is 9.83. The number of nitrogens with zero attached hydrogens (tertiary/aromatic N) is 1. The number of hydrogen-bond donors (Lipinski definition) is 1. The second-order valence-corrected chi connectivity index (χ2v) is 7.54. The summed E-state index contributed by atoms with van der Waals surface area (Å²) in [6, 6.07) is 16.5. The molecule has 0 spiro atoms. The summed E-state index contributed by atoms with van der Waals surface area (Å²) in [4.78, 5) is 13.8.